The summed E-state index contributed by atoms with van der Waals surface area (Å²) in [5.74, 6) is 2.12. The van der Waals surface area contributed by atoms with Gasteiger partial charge in [0.25, 0.3) is 5.91 Å². The van der Waals surface area contributed by atoms with Crippen molar-refractivity contribution in [2.45, 2.75) is 25.3 Å². The number of benzene rings is 2. The number of amides is 1. The maximum absolute atomic E-state index is 13.0. The maximum atomic E-state index is 13.0. The van der Waals surface area contributed by atoms with Crippen LogP contribution in [0, 0.1) is 0 Å². The lowest BCUT2D eigenvalue weighted by Gasteiger charge is -2.21. The van der Waals surface area contributed by atoms with E-state index in [9.17, 15) is 4.79 Å². The van der Waals surface area contributed by atoms with Gasteiger partial charge in [0, 0.05) is 30.6 Å². The van der Waals surface area contributed by atoms with Crippen LogP contribution in [0.4, 0.5) is 0 Å². The van der Waals surface area contributed by atoms with E-state index in [1.165, 1.54) is 5.56 Å². The van der Waals surface area contributed by atoms with E-state index in [1.807, 2.05) is 12.1 Å². The fraction of sp³-hybridized carbons (Fsp3) is 0.435. The molecule has 156 valence electrons. The molecule has 0 aromatic heterocycles. The zero-order valence-electron chi connectivity index (χ0n) is 17.6. The summed E-state index contributed by atoms with van der Waals surface area (Å²) in [6.07, 6.45) is 1.09. The van der Waals surface area contributed by atoms with Gasteiger partial charge in [-0.25, -0.2) is 0 Å². The Morgan fingerprint density at radius 3 is 2.34 bits per heavy atom. The van der Waals surface area contributed by atoms with Crippen molar-refractivity contribution in [2.24, 2.45) is 0 Å². The Morgan fingerprint density at radius 1 is 1.00 bits per heavy atom. The fourth-order valence-corrected chi connectivity index (χ4v) is 3.95. The van der Waals surface area contributed by atoms with E-state index in [4.69, 9.17) is 14.2 Å². The highest BCUT2D eigenvalue weighted by Gasteiger charge is 2.34. The molecule has 0 spiro atoms. The molecule has 6 nitrogen and oxygen atoms in total. The molecule has 0 unspecified atom stereocenters. The van der Waals surface area contributed by atoms with Crippen LogP contribution in [-0.2, 0) is 0 Å². The molecule has 1 aliphatic heterocycles. The van der Waals surface area contributed by atoms with E-state index in [2.05, 4.69) is 29.3 Å². The van der Waals surface area contributed by atoms with Crippen LogP contribution in [-0.4, -0.2) is 57.8 Å². The van der Waals surface area contributed by atoms with Crippen molar-refractivity contribution < 1.29 is 19.0 Å². The van der Waals surface area contributed by atoms with Crippen molar-refractivity contribution in [1.29, 1.82) is 0 Å². The van der Waals surface area contributed by atoms with Crippen LogP contribution in [0.5, 0.6) is 17.2 Å². The van der Waals surface area contributed by atoms with Crippen LogP contribution < -0.4 is 19.5 Å². The molecule has 0 aliphatic carbocycles. The lowest BCUT2D eigenvalue weighted by molar-refractivity contribution is 0.0934. The Labute approximate surface area is 172 Å². The second-order valence-corrected chi connectivity index (χ2v) is 7.29. The van der Waals surface area contributed by atoms with Gasteiger partial charge in [0.05, 0.1) is 21.3 Å². The van der Waals surface area contributed by atoms with E-state index in [-0.39, 0.29) is 17.9 Å². The van der Waals surface area contributed by atoms with Crippen LogP contribution in [0.1, 0.15) is 35.2 Å². The Hall–Kier alpha value is -2.73. The van der Waals surface area contributed by atoms with Crippen LogP contribution >= 0.6 is 0 Å². The molecule has 1 aliphatic rings. The Bertz CT molecular complexity index is 822. The third kappa shape index (κ3) is 4.82. The summed E-state index contributed by atoms with van der Waals surface area (Å²) in [7, 11) is 4.82. The second-order valence-electron chi connectivity index (χ2n) is 7.29. The number of methoxy groups -OCH3 is 3. The summed E-state index contributed by atoms with van der Waals surface area (Å²) in [4.78, 5) is 15.4. The minimum Gasteiger partial charge on any atom is -0.497 e. The molecule has 0 bridgehead atoms. The summed E-state index contributed by atoms with van der Waals surface area (Å²) in [6.45, 7) is 4.97. The summed E-state index contributed by atoms with van der Waals surface area (Å²) in [6, 6.07) is 13.4. The van der Waals surface area contributed by atoms with Crippen molar-refractivity contribution in [1.82, 2.24) is 10.2 Å². The molecular weight excluding hydrogens is 368 g/mol. The lowest BCUT2D eigenvalue weighted by atomic mass is 9.94. The van der Waals surface area contributed by atoms with Gasteiger partial charge in [-0.05, 0) is 48.9 Å². The Morgan fingerprint density at radius 2 is 1.72 bits per heavy atom. The minimum atomic E-state index is -0.104. The number of nitrogens with one attached hydrogen (secondary N) is 1. The number of hydrogen-bond donors (Lipinski definition) is 1. The van der Waals surface area contributed by atoms with Crippen molar-refractivity contribution in [3.8, 4) is 17.2 Å². The van der Waals surface area contributed by atoms with E-state index < -0.39 is 0 Å². The van der Waals surface area contributed by atoms with Crippen LogP contribution in [0.15, 0.2) is 42.5 Å². The molecule has 1 fully saturated rings. The zero-order chi connectivity index (χ0) is 20.8. The highest BCUT2D eigenvalue weighted by atomic mass is 16.5. The topological polar surface area (TPSA) is 60.0 Å². The number of carbonyl (C=O) groups is 1. The van der Waals surface area contributed by atoms with Gasteiger partial charge in [0.1, 0.15) is 5.75 Å². The molecule has 6 heteroatoms. The summed E-state index contributed by atoms with van der Waals surface area (Å²) < 4.78 is 15.9. The van der Waals surface area contributed by atoms with Gasteiger partial charge in [0.15, 0.2) is 11.5 Å². The van der Waals surface area contributed by atoms with Gasteiger partial charge in [0.2, 0.25) is 0 Å². The predicted octanol–water partition coefficient (Wildman–Crippen LogP) is 3.32. The Balaban J connectivity index is 1.79. The smallest absolute Gasteiger partial charge is 0.251 e. The van der Waals surface area contributed by atoms with Crippen molar-refractivity contribution in [3.63, 3.8) is 0 Å². The average molecular weight is 399 g/mol. The lowest BCUT2D eigenvalue weighted by Crippen LogP contribution is -2.39. The van der Waals surface area contributed by atoms with E-state index in [1.54, 1.807) is 39.5 Å². The molecule has 1 amide bonds. The molecule has 1 N–H and O–H groups in total. The highest BCUT2D eigenvalue weighted by Crippen LogP contribution is 2.31. The van der Waals surface area contributed by atoms with Gasteiger partial charge in [-0.1, -0.05) is 19.1 Å². The first-order valence-corrected chi connectivity index (χ1v) is 9.98. The first kappa shape index (κ1) is 21.0. The summed E-state index contributed by atoms with van der Waals surface area (Å²) in [5, 5.41) is 3.24. The fourth-order valence-electron chi connectivity index (χ4n) is 3.95. The SMILES string of the molecule is CCCN1C[C@@H](NC(=O)c2ccc(OC)c(OC)c2)[C@H](c2ccc(OC)cc2)C1. The number of hydrogen-bond acceptors (Lipinski definition) is 5. The summed E-state index contributed by atoms with van der Waals surface area (Å²) >= 11 is 0. The number of nitrogens with zero attached hydrogens (tertiary/aromatic N) is 1. The van der Waals surface area contributed by atoms with Crippen molar-refractivity contribution >= 4 is 5.91 Å². The standard InChI is InChI=1S/C23H30N2O4/c1-5-12-25-14-19(16-6-9-18(27-2)10-7-16)20(15-25)24-23(26)17-8-11-21(28-3)22(13-17)29-4/h6-11,13,19-20H,5,12,14-15H2,1-4H3,(H,24,26)/t19-,20+/m0/s1. The maximum Gasteiger partial charge on any atom is 0.251 e. The number of carbonyl (C=O) groups excluding carboxylic acids is 1. The molecule has 2 atom stereocenters. The number of ether oxygens (including phenoxy) is 3. The number of likely N-dealkylation sites (tertiary alicyclic amines) is 1. The molecule has 1 heterocycles. The molecule has 2 aromatic rings. The molecule has 1 saturated heterocycles. The van der Waals surface area contributed by atoms with Gasteiger partial charge in [-0.3, -0.25) is 4.79 Å². The zero-order valence-corrected chi connectivity index (χ0v) is 17.6. The van der Waals surface area contributed by atoms with Crippen LogP contribution in [0.3, 0.4) is 0 Å². The largest absolute Gasteiger partial charge is 0.497 e. The Kier molecular flexibility index (Phi) is 6.99. The second kappa shape index (κ2) is 9.65. The van der Waals surface area contributed by atoms with Gasteiger partial charge in [-0.15, -0.1) is 0 Å². The minimum absolute atomic E-state index is 0.0375. The normalized spacial score (nSPS) is 19.0. The molecule has 0 radical (unpaired) electrons. The summed E-state index contributed by atoms with van der Waals surface area (Å²) in [5.41, 5.74) is 1.77. The molecule has 0 saturated carbocycles. The van der Waals surface area contributed by atoms with Gasteiger partial charge < -0.3 is 24.4 Å². The third-order valence-corrected chi connectivity index (χ3v) is 5.44. The monoisotopic (exact) mass is 398 g/mol. The van der Waals surface area contributed by atoms with E-state index >= 15 is 0 Å². The molecule has 29 heavy (non-hydrogen) atoms. The van der Waals surface area contributed by atoms with Crippen LogP contribution in [0.2, 0.25) is 0 Å². The predicted molar refractivity (Wildman–Crippen MR) is 113 cm³/mol. The van der Waals surface area contributed by atoms with Crippen LogP contribution in [0.25, 0.3) is 0 Å². The van der Waals surface area contributed by atoms with E-state index in [0.29, 0.717) is 17.1 Å². The van der Waals surface area contributed by atoms with E-state index in [0.717, 1.165) is 31.8 Å². The first-order chi connectivity index (χ1) is 14.1. The highest BCUT2D eigenvalue weighted by molar-refractivity contribution is 5.95. The first-order valence-electron chi connectivity index (χ1n) is 9.98. The third-order valence-electron chi connectivity index (χ3n) is 5.44. The number of rotatable bonds is 8. The van der Waals surface area contributed by atoms with Crippen molar-refractivity contribution in [2.75, 3.05) is 41.0 Å². The molecule has 3 rings (SSSR count). The quantitative estimate of drug-likeness (QED) is 0.739. The van der Waals surface area contributed by atoms with Crippen molar-refractivity contribution in [3.05, 3.63) is 53.6 Å². The molecule has 2 aromatic carbocycles. The van der Waals surface area contributed by atoms with Gasteiger partial charge in [-0.2, -0.15) is 0 Å². The van der Waals surface area contributed by atoms with Gasteiger partial charge >= 0.3 is 0 Å². The average Bonchev–Trinajstić information content (AvgIpc) is 3.15. The molecular formula is C23H30N2O4.